The molecule has 0 saturated carbocycles. The second kappa shape index (κ2) is 9.31. The molecule has 196 valence electrons. The summed E-state index contributed by atoms with van der Waals surface area (Å²) in [5, 5.41) is 2.46. The van der Waals surface area contributed by atoms with Gasteiger partial charge in [-0.2, -0.15) is 0 Å². The number of pyridine rings is 2. The van der Waals surface area contributed by atoms with Gasteiger partial charge in [0.05, 0.1) is 22.4 Å². The third-order valence-corrected chi connectivity index (χ3v) is 8.01. The first kappa shape index (κ1) is 24.5. The maximum absolute atomic E-state index is 5.13. The van der Waals surface area contributed by atoms with Crippen LogP contribution in [-0.4, -0.2) is 14.4 Å². The van der Waals surface area contributed by atoms with E-state index in [1.165, 1.54) is 21.9 Å². The summed E-state index contributed by atoms with van der Waals surface area (Å²) in [7, 11) is 0. The lowest BCUT2D eigenvalue weighted by atomic mass is 9.85. The van der Waals surface area contributed by atoms with Crippen LogP contribution in [0.2, 0.25) is 0 Å². The average molecular weight is 520 g/mol. The van der Waals surface area contributed by atoms with Crippen molar-refractivity contribution >= 4 is 33.0 Å². The van der Waals surface area contributed by atoms with Crippen LogP contribution in [-0.2, 0) is 5.41 Å². The van der Waals surface area contributed by atoms with Crippen LogP contribution in [0.25, 0.3) is 55.4 Å². The minimum absolute atomic E-state index is 0.00492. The minimum atomic E-state index is 0.00492. The van der Waals surface area contributed by atoms with Gasteiger partial charge in [0.15, 0.2) is 0 Å². The fourth-order valence-electron chi connectivity index (χ4n) is 5.91. The number of nitrogens with zero attached hydrogens (tertiary/aromatic N) is 3. The van der Waals surface area contributed by atoms with Gasteiger partial charge in [-0.15, -0.1) is 0 Å². The van der Waals surface area contributed by atoms with Crippen LogP contribution in [0, 0.1) is 5.92 Å². The van der Waals surface area contributed by atoms with E-state index in [2.05, 4.69) is 141 Å². The first-order chi connectivity index (χ1) is 19.3. The fourth-order valence-corrected chi connectivity index (χ4v) is 5.91. The van der Waals surface area contributed by atoms with Crippen molar-refractivity contribution in [1.82, 2.24) is 14.4 Å². The summed E-state index contributed by atoms with van der Waals surface area (Å²) in [6, 6.07) is 30.2. The second-order valence-electron chi connectivity index (χ2n) is 12.1. The van der Waals surface area contributed by atoms with Gasteiger partial charge in [0.25, 0.3) is 0 Å². The maximum Gasteiger partial charge on any atom is 0.145 e. The highest BCUT2D eigenvalue weighted by atomic mass is 15.0. The summed E-state index contributed by atoms with van der Waals surface area (Å²) in [5.74, 6) is 0.506. The molecule has 0 bridgehead atoms. The normalized spacial score (nSPS) is 15.7. The molecule has 0 N–H and O–H groups in total. The standard InChI is InChI=1S/C37H33N3/c1-24-11-10-14-27(19-24)34-21-28(20-33(38-34)25-12-6-5-7-13-25)26-17-18-32-35(22-26)40-23-31(37(2,3)4)29-15-8-9-16-30(29)36(40)39-32/h5-10,12-24H,11H2,1-4H3. The topological polar surface area (TPSA) is 30.2 Å². The molecular weight excluding hydrogens is 486 g/mol. The summed E-state index contributed by atoms with van der Waals surface area (Å²) in [5.41, 5.74) is 11.1. The third-order valence-electron chi connectivity index (χ3n) is 8.01. The molecule has 1 unspecified atom stereocenters. The van der Waals surface area contributed by atoms with Crippen molar-refractivity contribution in [1.29, 1.82) is 0 Å². The number of hydrogen-bond donors (Lipinski definition) is 0. The van der Waals surface area contributed by atoms with Crippen LogP contribution >= 0.6 is 0 Å². The van der Waals surface area contributed by atoms with Gasteiger partial charge in [0.1, 0.15) is 5.65 Å². The maximum atomic E-state index is 5.13. The Hall–Kier alpha value is -4.50. The van der Waals surface area contributed by atoms with Crippen molar-refractivity contribution in [3.8, 4) is 22.4 Å². The lowest BCUT2D eigenvalue weighted by Gasteiger charge is -2.22. The van der Waals surface area contributed by atoms with E-state index < -0.39 is 0 Å². The smallest absolute Gasteiger partial charge is 0.145 e. The Bertz CT molecular complexity index is 1970. The molecule has 3 aromatic heterocycles. The zero-order valence-corrected chi connectivity index (χ0v) is 23.5. The van der Waals surface area contributed by atoms with Gasteiger partial charge >= 0.3 is 0 Å². The van der Waals surface area contributed by atoms with Gasteiger partial charge in [0, 0.05) is 17.1 Å². The molecule has 0 radical (unpaired) electrons. The quantitative estimate of drug-likeness (QED) is 0.233. The minimum Gasteiger partial charge on any atom is -0.299 e. The van der Waals surface area contributed by atoms with Crippen LogP contribution in [0.1, 0.15) is 45.4 Å². The highest BCUT2D eigenvalue weighted by Gasteiger charge is 2.21. The fraction of sp³-hybridized carbons (Fsp3) is 0.189. The lowest BCUT2D eigenvalue weighted by Crippen LogP contribution is -2.13. The Kier molecular flexibility index (Phi) is 5.71. The molecule has 3 heteroatoms. The van der Waals surface area contributed by atoms with E-state index in [0.29, 0.717) is 5.92 Å². The SMILES string of the molecule is CC1C=C(c2cc(-c3ccc4nc5c6ccccc6c(C(C)(C)C)cn5c4c3)cc(-c3ccccc3)n2)C=CC1. The molecule has 3 aromatic carbocycles. The molecular formula is C37H33N3. The Labute approximate surface area is 235 Å². The number of aromatic nitrogens is 3. The van der Waals surface area contributed by atoms with E-state index in [1.807, 2.05) is 0 Å². The largest absolute Gasteiger partial charge is 0.299 e. The average Bonchev–Trinajstić information content (AvgIpc) is 3.35. The zero-order valence-electron chi connectivity index (χ0n) is 23.5. The van der Waals surface area contributed by atoms with Crippen molar-refractivity contribution < 1.29 is 0 Å². The van der Waals surface area contributed by atoms with E-state index in [4.69, 9.17) is 9.97 Å². The van der Waals surface area contributed by atoms with Crippen molar-refractivity contribution in [3.05, 3.63) is 121 Å². The van der Waals surface area contributed by atoms with Crippen LogP contribution in [0.5, 0.6) is 0 Å². The number of benzene rings is 3. The van der Waals surface area contributed by atoms with Crippen LogP contribution in [0.3, 0.4) is 0 Å². The number of hydrogen-bond acceptors (Lipinski definition) is 2. The number of rotatable bonds is 3. The predicted octanol–water partition coefficient (Wildman–Crippen LogP) is 9.65. The van der Waals surface area contributed by atoms with E-state index in [0.717, 1.165) is 51.2 Å². The van der Waals surface area contributed by atoms with Gasteiger partial charge in [-0.25, -0.2) is 9.97 Å². The van der Waals surface area contributed by atoms with E-state index in [-0.39, 0.29) is 5.41 Å². The molecule has 1 atom stereocenters. The van der Waals surface area contributed by atoms with Crippen molar-refractivity contribution in [2.75, 3.05) is 0 Å². The predicted molar refractivity (Wildman–Crippen MR) is 168 cm³/mol. The van der Waals surface area contributed by atoms with Gasteiger partial charge in [-0.1, -0.05) is 107 Å². The number of allylic oxidation sites excluding steroid dienone is 4. The summed E-state index contributed by atoms with van der Waals surface area (Å²) >= 11 is 0. The molecule has 3 heterocycles. The Morgan fingerprint density at radius 1 is 0.750 bits per heavy atom. The van der Waals surface area contributed by atoms with Crippen molar-refractivity contribution in [2.24, 2.45) is 5.92 Å². The highest BCUT2D eigenvalue weighted by Crippen LogP contribution is 2.36. The molecule has 7 rings (SSSR count). The first-order valence-electron chi connectivity index (χ1n) is 14.2. The van der Waals surface area contributed by atoms with Gasteiger partial charge in [-0.3, -0.25) is 4.40 Å². The number of imidazole rings is 1. The molecule has 6 aromatic rings. The molecule has 0 fully saturated rings. The van der Waals surface area contributed by atoms with Crippen LogP contribution in [0.4, 0.5) is 0 Å². The molecule has 1 aliphatic carbocycles. The van der Waals surface area contributed by atoms with Gasteiger partial charge in [0.2, 0.25) is 0 Å². The van der Waals surface area contributed by atoms with E-state index >= 15 is 0 Å². The third kappa shape index (κ3) is 4.23. The summed E-state index contributed by atoms with van der Waals surface area (Å²) in [6.07, 6.45) is 10.2. The molecule has 1 aliphatic rings. The molecule has 0 saturated heterocycles. The lowest BCUT2D eigenvalue weighted by molar-refractivity contribution is 0.593. The molecule has 40 heavy (non-hydrogen) atoms. The van der Waals surface area contributed by atoms with Crippen LogP contribution < -0.4 is 0 Å². The first-order valence-corrected chi connectivity index (χ1v) is 14.2. The molecule has 0 spiro atoms. The second-order valence-corrected chi connectivity index (χ2v) is 12.1. The monoisotopic (exact) mass is 519 g/mol. The zero-order chi connectivity index (χ0) is 27.4. The summed E-state index contributed by atoms with van der Waals surface area (Å²) in [4.78, 5) is 10.2. The van der Waals surface area contributed by atoms with Crippen molar-refractivity contribution in [3.63, 3.8) is 0 Å². The van der Waals surface area contributed by atoms with Crippen molar-refractivity contribution in [2.45, 2.75) is 39.5 Å². The Morgan fingerprint density at radius 2 is 1.50 bits per heavy atom. The molecule has 0 aliphatic heterocycles. The molecule has 0 amide bonds. The Morgan fingerprint density at radius 3 is 2.27 bits per heavy atom. The van der Waals surface area contributed by atoms with Crippen LogP contribution in [0.15, 0.2) is 109 Å². The molecule has 3 nitrogen and oxygen atoms in total. The summed E-state index contributed by atoms with van der Waals surface area (Å²) < 4.78 is 2.29. The van der Waals surface area contributed by atoms with E-state index in [1.54, 1.807) is 0 Å². The summed E-state index contributed by atoms with van der Waals surface area (Å²) in [6.45, 7) is 9.11. The Balaban J connectivity index is 1.46. The highest BCUT2D eigenvalue weighted by molar-refractivity contribution is 6.01. The van der Waals surface area contributed by atoms with Gasteiger partial charge < -0.3 is 0 Å². The number of fused-ring (bicyclic) bond motifs is 5. The van der Waals surface area contributed by atoms with Gasteiger partial charge in [-0.05, 0) is 69.7 Å². The van der Waals surface area contributed by atoms with E-state index in [9.17, 15) is 0 Å².